The average molecular weight is 358 g/mol. The number of hydrogen-bond donors (Lipinski definition) is 0. The third kappa shape index (κ3) is 4.23. The zero-order valence-corrected chi connectivity index (χ0v) is 14.1. The molecule has 0 N–H and O–H groups in total. The molecule has 1 heterocycles. The maximum atomic E-state index is 13.7. The number of non-ortho nitro benzene ring substituents is 1. The summed E-state index contributed by atoms with van der Waals surface area (Å²) in [4.78, 5) is 24.5. The molecule has 0 radical (unpaired) electrons. The highest BCUT2D eigenvalue weighted by Gasteiger charge is 2.25. The molecule has 0 aliphatic carbocycles. The minimum Gasteiger partial charge on any atom is -0.372 e. The van der Waals surface area contributed by atoms with Crippen molar-refractivity contribution in [3.05, 3.63) is 75.6 Å². The molecule has 1 atom stereocenters. The van der Waals surface area contributed by atoms with Gasteiger partial charge in [-0.15, -0.1) is 0 Å². The monoisotopic (exact) mass is 358 g/mol. The van der Waals surface area contributed by atoms with Gasteiger partial charge in [0, 0.05) is 36.3 Å². The molecule has 1 aliphatic heterocycles. The molecule has 0 spiro atoms. The van der Waals surface area contributed by atoms with Crippen molar-refractivity contribution in [1.29, 1.82) is 0 Å². The van der Waals surface area contributed by atoms with Crippen LogP contribution in [-0.2, 0) is 11.3 Å². The summed E-state index contributed by atoms with van der Waals surface area (Å²) in [6.07, 6.45) is 1.43. The van der Waals surface area contributed by atoms with Gasteiger partial charge in [0.2, 0.25) is 0 Å². The van der Waals surface area contributed by atoms with Gasteiger partial charge in [-0.3, -0.25) is 14.9 Å². The molecule has 0 aromatic heterocycles. The molecule has 1 amide bonds. The van der Waals surface area contributed by atoms with E-state index in [-0.39, 0.29) is 30.1 Å². The van der Waals surface area contributed by atoms with Gasteiger partial charge >= 0.3 is 0 Å². The molecule has 136 valence electrons. The van der Waals surface area contributed by atoms with E-state index in [1.165, 1.54) is 30.3 Å². The first kappa shape index (κ1) is 18.0. The first-order valence-electron chi connectivity index (χ1n) is 8.43. The summed E-state index contributed by atoms with van der Waals surface area (Å²) in [5.41, 5.74) is 0.850. The Morgan fingerprint density at radius 3 is 2.65 bits per heavy atom. The molecule has 3 rings (SSSR count). The van der Waals surface area contributed by atoms with E-state index in [0.717, 1.165) is 12.8 Å². The molecule has 1 fully saturated rings. The van der Waals surface area contributed by atoms with Crippen molar-refractivity contribution >= 4 is 11.6 Å². The molecule has 1 aliphatic rings. The van der Waals surface area contributed by atoms with E-state index in [0.29, 0.717) is 24.2 Å². The fourth-order valence-corrected chi connectivity index (χ4v) is 2.99. The van der Waals surface area contributed by atoms with Crippen LogP contribution in [0.3, 0.4) is 0 Å². The lowest BCUT2D eigenvalue weighted by Gasteiger charge is -2.32. The molecule has 0 bridgehead atoms. The lowest BCUT2D eigenvalue weighted by Crippen LogP contribution is -2.43. The maximum Gasteiger partial charge on any atom is 0.269 e. The third-order valence-electron chi connectivity index (χ3n) is 4.42. The van der Waals surface area contributed by atoms with Crippen LogP contribution in [-0.4, -0.2) is 34.9 Å². The number of halogens is 1. The van der Waals surface area contributed by atoms with Crippen molar-refractivity contribution in [2.24, 2.45) is 0 Å². The largest absolute Gasteiger partial charge is 0.372 e. The van der Waals surface area contributed by atoms with E-state index in [1.54, 1.807) is 23.1 Å². The van der Waals surface area contributed by atoms with Gasteiger partial charge < -0.3 is 9.64 Å². The van der Waals surface area contributed by atoms with Crippen molar-refractivity contribution in [3.8, 4) is 0 Å². The van der Waals surface area contributed by atoms with Crippen LogP contribution in [0.2, 0.25) is 0 Å². The molecule has 1 saturated heterocycles. The predicted molar refractivity (Wildman–Crippen MR) is 93.2 cm³/mol. The molecule has 26 heavy (non-hydrogen) atoms. The topological polar surface area (TPSA) is 72.7 Å². The number of likely N-dealkylation sites (tertiary alicyclic amines) is 1. The lowest BCUT2D eigenvalue weighted by atomic mass is 10.1. The van der Waals surface area contributed by atoms with E-state index in [9.17, 15) is 19.3 Å². The van der Waals surface area contributed by atoms with Crippen molar-refractivity contribution in [2.45, 2.75) is 25.6 Å². The van der Waals surface area contributed by atoms with Crippen LogP contribution in [0.15, 0.2) is 48.5 Å². The number of benzene rings is 2. The summed E-state index contributed by atoms with van der Waals surface area (Å²) < 4.78 is 19.5. The average Bonchev–Trinajstić information content (AvgIpc) is 2.67. The van der Waals surface area contributed by atoms with E-state index in [4.69, 9.17) is 4.74 Å². The molecular formula is C19H19FN2O4. The van der Waals surface area contributed by atoms with Crippen molar-refractivity contribution < 1.29 is 18.8 Å². The highest BCUT2D eigenvalue weighted by Crippen LogP contribution is 2.19. The molecule has 2 aromatic rings. The summed E-state index contributed by atoms with van der Waals surface area (Å²) in [6.45, 7) is 1.19. The Morgan fingerprint density at radius 2 is 1.96 bits per heavy atom. The van der Waals surface area contributed by atoms with Gasteiger partial charge in [0.25, 0.3) is 11.6 Å². The van der Waals surface area contributed by atoms with Crippen LogP contribution >= 0.6 is 0 Å². The zero-order valence-electron chi connectivity index (χ0n) is 14.1. The Morgan fingerprint density at radius 1 is 1.23 bits per heavy atom. The van der Waals surface area contributed by atoms with Crippen molar-refractivity contribution in [2.75, 3.05) is 13.1 Å². The van der Waals surface area contributed by atoms with E-state index < -0.39 is 4.92 Å². The number of nitro groups is 1. The number of hydrogen-bond acceptors (Lipinski definition) is 4. The van der Waals surface area contributed by atoms with Gasteiger partial charge in [0.15, 0.2) is 0 Å². The minimum atomic E-state index is -0.498. The first-order valence-corrected chi connectivity index (χ1v) is 8.43. The molecular weight excluding hydrogens is 339 g/mol. The standard InChI is InChI=1S/C19H19FN2O4/c20-18-6-2-1-4-15(18)13-26-17-5-3-11-21(12-17)19(23)14-7-9-16(10-8-14)22(24)25/h1-2,4,6-10,17H,3,5,11-13H2/t17-/m1/s1. The van der Waals surface area contributed by atoms with Crippen LogP contribution in [0.5, 0.6) is 0 Å². The second-order valence-corrected chi connectivity index (χ2v) is 6.22. The number of nitrogens with zero attached hydrogens (tertiary/aromatic N) is 2. The number of piperidine rings is 1. The highest BCUT2D eigenvalue weighted by atomic mass is 19.1. The smallest absolute Gasteiger partial charge is 0.269 e. The second kappa shape index (κ2) is 8.05. The van der Waals surface area contributed by atoms with E-state index in [1.807, 2.05) is 0 Å². The number of rotatable bonds is 5. The summed E-state index contributed by atoms with van der Waals surface area (Å²) >= 11 is 0. The van der Waals surface area contributed by atoms with Crippen LogP contribution in [0.4, 0.5) is 10.1 Å². The van der Waals surface area contributed by atoms with Gasteiger partial charge in [0.05, 0.1) is 17.6 Å². The Bertz CT molecular complexity index is 794. The fourth-order valence-electron chi connectivity index (χ4n) is 2.99. The summed E-state index contributed by atoms with van der Waals surface area (Å²) in [7, 11) is 0. The van der Waals surface area contributed by atoms with Gasteiger partial charge in [-0.05, 0) is 31.0 Å². The highest BCUT2D eigenvalue weighted by molar-refractivity contribution is 5.94. The summed E-state index contributed by atoms with van der Waals surface area (Å²) in [5, 5.41) is 10.7. The summed E-state index contributed by atoms with van der Waals surface area (Å²) in [5.74, 6) is -0.485. The van der Waals surface area contributed by atoms with Gasteiger partial charge in [-0.25, -0.2) is 4.39 Å². The molecule has 0 unspecified atom stereocenters. The maximum absolute atomic E-state index is 13.7. The number of nitro benzene ring substituents is 1. The molecule has 0 saturated carbocycles. The number of carbonyl (C=O) groups excluding carboxylic acids is 1. The Hall–Kier alpha value is -2.80. The van der Waals surface area contributed by atoms with Crippen molar-refractivity contribution in [3.63, 3.8) is 0 Å². The van der Waals surface area contributed by atoms with Gasteiger partial charge in [-0.2, -0.15) is 0 Å². The summed E-state index contributed by atoms with van der Waals surface area (Å²) in [6, 6.07) is 12.0. The quantitative estimate of drug-likeness (QED) is 0.605. The van der Waals surface area contributed by atoms with Crippen LogP contribution < -0.4 is 0 Å². The van der Waals surface area contributed by atoms with Crippen LogP contribution in [0, 0.1) is 15.9 Å². The fraction of sp³-hybridized carbons (Fsp3) is 0.316. The lowest BCUT2D eigenvalue weighted by molar-refractivity contribution is -0.384. The Kier molecular flexibility index (Phi) is 5.58. The first-order chi connectivity index (χ1) is 12.5. The Balaban J connectivity index is 1.59. The molecule has 7 heteroatoms. The number of amides is 1. The third-order valence-corrected chi connectivity index (χ3v) is 4.42. The van der Waals surface area contributed by atoms with Gasteiger partial charge in [-0.1, -0.05) is 18.2 Å². The number of ether oxygens (including phenoxy) is 1. The van der Waals surface area contributed by atoms with Gasteiger partial charge in [0.1, 0.15) is 5.82 Å². The normalized spacial score (nSPS) is 17.1. The van der Waals surface area contributed by atoms with Crippen LogP contribution in [0.1, 0.15) is 28.8 Å². The molecule has 6 nitrogen and oxygen atoms in total. The van der Waals surface area contributed by atoms with E-state index >= 15 is 0 Å². The van der Waals surface area contributed by atoms with Crippen LogP contribution in [0.25, 0.3) is 0 Å². The SMILES string of the molecule is O=C(c1ccc([N+](=O)[O-])cc1)N1CCC[C@@H](OCc2ccccc2F)C1. The molecule has 2 aromatic carbocycles. The number of carbonyl (C=O) groups is 1. The van der Waals surface area contributed by atoms with E-state index in [2.05, 4.69) is 0 Å². The zero-order chi connectivity index (χ0) is 18.5. The van der Waals surface area contributed by atoms with Crippen molar-refractivity contribution in [1.82, 2.24) is 4.90 Å². The predicted octanol–water partition coefficient (Wildman–Crippen LogP) is 3.56. The minimum absolute atomic E-state index is 0.0497. The second-order valence-electron chi connectivity index (χ2n) is 6.22. The Labute approximate surface area is 150 Å².